The van der Waals surface area contributed by atoms with Crippen LogP contribution >= 0.6 is 0 Å². The summed E-state index contributed by atoms with van der Waals surface area (Å²) in [4.78, 5) is 12.9. The minimum Gasteiger partial charge on any atom is -0.339 e. The van der Waals surface area contributed by atoms with Crippen LogP contribution in [-0.4, -0.2) is 30.4 Å². The topological polar surface area (TPSA) is 46.3 Å². The predicted octanol–water partition coefficient (Wildman–Crippen LogP) is 2.19. The monoisotopic (exact) mass is 296 g/mol. The maximum absolute atomic E-state index is 13.5. The van der Waals surface area contributed by atoms with Gasteiger partial charge in [-0.25, -0.2) is 22.0 Å². The average molecular weight is 296 g/mol. The van der Waals surface area contributed by atoms with Gasteiger partial charge in [-0.3, -0.25) is 4.79 Å². The first-order valence-corrected chi connectivity index (χ1v) is 5.87. The molecular weight excluding hydrogens is 283 g/mol. The van der Waals surface area contributed by atoms with Crippen LogP contribution in [0.3, 0.4) is 0 Å². The van der Waals surface area contributed by atoms with Crippen LogP contribution in [0.4, 0.5) is 22.0 Å². The van der Waals surface area contributed by atoms with Gasteiger partial charge in [-0.05, 0) is 19.9 Å². The van der Waals surface area contributed by atoms with Crippen LogP contribution in [0.25, 0.3) is 0 Å². The van der Waals surface area contributed by atoms with Gasteiger partial charge in [-0.2, -0.15) is 0 Å². The quantitative estimate of drug-likeness (QED) is 0.514. The van der Waals surface area contributed by atoms with Crippen LogP contribution < -0.4 is 5.73 Å². The number of hydrogen-bond acceptors (Lipinski definition) is 2. The molecule has 1 rings (SSSR count). The molecule has 0 aliphatic carbocycles. The van der Waals surface area contributed by atoms with Gasteiger partial charge in [0.05, 0.1) is 0 Å². The number of rotatable bonds is 5. The lowest BCUT2D eigenvalue weighted by Gasteiger charge is -2.21. The van der Waals surface area contributed by atoms with Crippen molar-refractivity contribution in [3.8, 4) is 0 Å². The molecule has 0 atom stereocenters. The molecule has 0 fully saturated rings. The molecule has 1 aromatic rings. The van der Waals surface area contributed by atoms with Crippen molar-refractivity contribution in [2.24, 2.45) is 5.73 Å². The minimum absolute atomic E-state index is 0.0539. The first-order valence-electron chi connectivity index (χ1n) is 5.87. The van der Waals surface area contributed by atoms with Gasteiger partial charge in [0, 0.05) is 13.1 Å². The second-order valence-electron chi connectivity index (χ2n) is 3.97. The first kappa shape index (κ1) is 16.4. The summed E-state index contributed by atoms with van der Waals surface area (Å²) in [5, 5.41) is 0. The molecule has 8 heteroatoms. The summed E-state index contributed by atoms with van der Waals surface area (Å²) in [6.45, 7) is 1.85. The van der Waals surface area contributed by atoms with Crippen molar-refractivity contribution in [2.45, 2.75) is 13.3 Å². The Morgan fingerprint density at radius 3 is 1.85 bits per heavy atom. The number of benzene rings is 1. The molecule has 0 aromatic heterocycles. The fourth-order valence-corrected chi connectivity index (χ4v) is 1.64. The largest absolute Gasteiger partial charge is 0.339 e. The van der Waals surface area contributed by atoms with Crippen LogP contribution in [0.15, 0.2) is 0 Å². The van der Waals surface area contributed by atoms with Crippen molar-refractivity contribution in [1.82, 2.24) is 4.90 Å². The lowest BCUT2D eigenvalue weighted by molar-refractivity contribution is 0.0750. The van der Waals surface area contributed by atoms with E-state index in [1.165, 1.54) is 6.92 Å². The van der Waals surface area contributed by atoms with E-state index in [4.69, 9.17) is 5.73 Å². The molecule has 2 N–H and O–H groups in total. The molecule has 0 aliphatic heterocycles. The smallest absolute Gasteiger partial charge is 0.260 e. The second-order valence-corrected chi connectivity index (χ2v) is 3.97. The fraction of sp³-hybridized carbons (Fsp3) is 0.417. The number of carbonyl (C=O) groups excluding carboxylic acids is 1. The van der Waals surface area contributed by atoms with Gasteiger partial charge >= 0.3 is 0 Å². The van der Waals surface area contributed by atoms with Crippen molar-refractivity contribution < 1.29 is 26.7 Å². The normalized spacial score (nSPS) is 10.8. The Morgan fingerprint density at radius 1 is 1.00 bits per heavy atom. The molecular formula is C12H13F5N2O. The Bertz CT molecular complexity index is 492. The molecule has 0 aliphatic rings. The number of amides is 1. The van der Waals surface area contributed by atoms with Crippen molar-refractivity contribution in [1.29, 1.82) is 0 Å². The van der Waals surface area contributed by atoms with Crippen LogP contribution in [0.1, 0.15) is 23.7 Å². The SMILES string of the molecule is CCN(CCCN)C(=O)c1c(F)c(F)c(F)c(F)c1F. The lowest BCUT2D eigenvalue weighted by Crippen LogP contribution is -2.34. The van der Waals surface area contributed by atoms with Crippen molar-refractivity contribution in [3.05, 3.63) is 34.6 Å². The number of nitrogens with two attached hydrogens (primary N) is 1. The number of hydrogen-bond donors (Lipinski definition) is 1. The fourth-order valence-electron chi connectivity index (χ4n) is 1.64. The third-order valence-corrected chi connectivity index (χ3v) is 2.72. The highest BCUT2D eigenvalue weighted by Crippen LogP contribution is 2.24. The number of carbonyl (C=O) groups is 1. The molecule has 0 saturated heterocycles. The molecule has 20 heavy (non-hydrogen) atoms. The molecule has 1 aromatic carbocycles. The maximum Gasteiger partial charge on any atom is 0.260 e. The first-order chi connectivity index (χ1) is 9.36. The van der Waals surface area contributed by atoms with Gasteiger partial charge in [0.15, 0.2) is 23.3 Å². The minimum atomic E-state index is -2.29. The highest BCUT2D eigenvalue weighted by molar-refractivity contribution is 5.94. The zero-order chi connectivity index (χ0) is 15.4. The van der Waals surface area contributed by atoms with Gasteiger partial charge in [-0.15, -0.1) is 0 Å². The molecule has 0 bridgehead atoms. The predicted molar refractivity (Wildman–Crippen MR) is 61.5 cm³/mol. The van der Waals surface area contributed by atoms with Gasteiger partial charge in [0.25, 0.3) is 5.91 Å². The van der Waals surface area contributed by atoms with Crippen LogP contribution in [0.5, 0.6) is 0 Å². The summed E-state index contributed by atoms with van der Waals surface area (Å²) in [6.07, 6.45) is 0.342. The van der Waals surface area contributed by atoms with Gasteiger partial charge < -0.3 is 10.6 Å². The highest BCUT2D eigenvalue weighted by atomic mass is 19.2. The Balaban J connectivity index is 3.28. The van der Waals surface area contributed by atoms with E-state index >= 15 is 0 Å². The summed E-state index contributed by atoms with van der Waals surface area (Å²) in [7, 11) is 0. The summed E-state index contributed by atoms with van der Waals surface area (Å²) in [5.41, 5.74) is 3.80. The Morgan fingerprint density at radius 2 is 1.45 bits per heavy atom. The number of halogens is 5. The van der Waals surface area contributed by atoms with E-state index in [0.29, 0.717) is 6.42 Å². The summed E-state index contributed by atoms with van der Waals surface area (Å²) in [5.74, 6) is -12.1. The van der Waals surface area contributed by atoms with Gasteiger partial charge in [0.2, 0.25) is 5.82 Å². The van der Waals surface area contributed by atoms with Gasteiger partial charge in [-0.1, -0.05) is 0 Å². The highest BCUT2D eigenvalue weighted by Gasteiger charge is 2.31. The third-order valence-electron chi connectivity index (χ3n) is 2.72. The van der Waals surface area contributed by atoms with Crippen LogP contribution in [-0.2, 0) is 0 Å². The Labute approximate surface area is 112 Å². The summed E-state index contributed by atoms with van der Waals surface area (Å²) >= 11 is 0. The molecule has 0 spiro atoms. The standard InChI is InChI=1S/C12H13F5N2O/c1-2-19(5-3-4-18)12(20)6-7(13)9(15)11(17)10(16)8(6)14/h2-5,18H2,1H3. The van der Waals surface area contributed by atoms with E-state index in [2.05, 4.69) is 0 Å². The Hall–Kier alpha value is -1.70. The van der Waals surface area contributed by atoms with E-state index in [9.17, 15) is 26.7 Å². The van der Waals surface area contributed by atoms with Crippen molar-refractivity contribution in [3.63, 3.8) is 0 Å². The van der Waals surface area contributed by atoms with E-state index in [0.717, 1.165) is 4.90 Å². The van der Waals surface area contributed by atoms with Crippen LogP contribution in [0.2, 0.25) is 0 Å². The second kappa shape index (κ2) is 6.65. The summed E-state index contributed by atoms with van der Waals surface area (Å²) < 4.78 is 65.9. The molecule has 3 nitrogen and oxygen atoms in total. The maximum atomic E-state index is 13.5. The van der Waals surface area contributed by atoms with E-state index in [1.807, 2.05) is 0 Å². The zero-order valence-electron chi connectivity index (χ0n) is 10.7. The molecule has 1 amide bonds. The van der Waals surface area contributed by atoms with E-state index in [-0.39, 0.29) is 19.6 Å². The lowest BCUT2D eigenvalue weighted by atomic mass is 10.1. The average Bonchev–Trinajstić information content (AvgIpc) is 2.44. The van der Waals surface area contributed by atoms with E-state index < -0.39 is 40.6 Å². The molecule has 0 unspecified atom stereocenters. The zero-order valence-corrected chi connectivity index (χ0v) is 10.7. The van der Waals surface area contributed by atoms with Gasteiger partial charge in [0.1, 0.15) is 5.56 Å². The van der Waals surface area contributed by atoms with E-state index in [1.54, 1.807) is 0 Å². The molecule has 0 radical (unpaired) electrons. The van der Waals surface area contributed by atoms with Crippen molar-refractivity contribution >= 4 is 5.91 Å². The summed E-state index contributed by atoms with van der Waals surface area (Å²) in [6, 6.07) is 0. The molecule has 0 heterocycles. The molecule has 112 valence electrons. The Kier molecular flexibility index (Phi) is 5.43. The van der Waals surface area contributed by atoms with Crippen LogP contribution in [0, 0.1) is 29.1 Å². The number of nitrogens with zero attached hydrogens (tertiary/aromatic N) is 1. The van der Waals surface area contributed by atoms with Crippen molar-refractivity contribution in [2.75, 3.05) is 19.6 Å². The third kappa shape index (κ3) is 2.90. The molecule has 0 saturated carbocycles.